The Hall–Kier alpha value is -3.41. The number of hydrogen-bond donors (Lipinski definition) is 0. The fraction of sp³-hybridized carbons (Fsp3) is 0.730. The Kier molecular flexibility index (Phi) is 54.3. The van der Waals surface area contributed by atoms with E-state index in [9.17, 15) is 14.4 Å². The monoisotopic (exact) mass is 961 g/mol. The summed E-state index contributed by atoms with van der Waals surface area (Å²) in [6.07, 6.45) is 74.6. The molecule has 0 heterocycles. The summed E-state index contributed by atoms with van der Waals surface area (Å²) < 4.78 is 16.7. The van der Waals surface area contributed by atoms with Crippen LogP contribution in [-0.4, -0.2) is 37.2 Å². The van der Waals surface area contributed by atoms with Crippen molar-refractivity contribution in [1.82, 2.24) is 0 Å². The molecule has 0 aliphatic carbocycles. The van der Waals surface area contributed by atoms with Crippen LogP contribution in [0.3, 0.4) is 0 Å². The lowest BCUT2D eigenvalue weighted by Crippen LogP contribution is -2.30. The highest BCUT2D eigenvalue weighted by Gasteiger charge is 2.19. The number of esters is 3. The minimum absolute atomic E-state index is 0.0949. The number of carbonyl (C=O) groups is 3. The van der Waals surface area contributed by atoms with E-state index >= 15 is 0 Å². The van der Waals surface area contributed by atoms with Crippen LogP contribution in [0, 0.1) is 0 Å². The van der Waals surface area contributed by atoms with E-state index in [-0.39, 0.29) is 31.6 Å². The lowest BCUT2D eigenvalue weighted by Gasteiger charge is -2.18. The molecule has 6 heteroatoms. The molecular weight excluding hydrogens is 853 g/mol. The van der Waals surface area contributed by atoms with E-state index in [1.165, 1.54) is 154 Å². The Labute approximate surface area is 426 Å². The largest absolute Gasteiger partial charge is 0.462 e. The van der Waals surface area contributed by atoms with Crippen molar-refractivity contribution in [3.63, 3.8) is 0 Å². The van der Waals surface area contributed by atoms with Gasteiger partial charge in [0.2, 0.25) is 0 Å². The second kappa shape index (κ2) is 57.2. The van der Waals surface area contributed by atoms with E-state index in [0.29, 0.717) is 12.8 Å². The molecule has 0 saturated carbocycles. The summed E-state index contributed by atoms with van der Waals surface area (Å²) in [7, 11) is 0. The van der Waals surface area contributed by atoms with E-state index in [2.05, 4.69) is 93.7 Å². The van der Waals surface area contributed by atoms with Crippen molar-refractivity contribution in [2.24, 2.45) is 0 Å². The summed E-state index contributed by atoms with van der Waals surface area (Å²) in [5.41, 5.74) is 0. The molecule has 0 aliphatic heterocycles. The van der Waals surface area contributed by atoms with Gasteiger partial charge in [0.1, 0.15) is 13.2 Å². The van der Waals surface area contributed by atoms with Crippen LogP contribution in [0.1, 0.15) is 278 Å². The fourth-order valence-corrected chi connectivity index (χ4v) is 8.04. The second-order valence-electron chi connectivity index (χ2n) is 19.2. The average Bonchev–Trinajstić information content (AvgIpc) is 3.35. The van der Waals surface area contributed by atoms with Gasteiger partial charge in [-0.15, -0.1) is 0 Å². The van der Waals surface area contributed by atoms with Crippen molar-refractivity contribution in [3.8, 4) is 0 Å². The van der Waals surface area contributed by atoms with Crippen LogP contribution >= 0.6 is 0 Å². The van der Waals surface area contributed by atoms with Crippen molar-refractivity contribution < 1.29 is 28.6 Å². The molecule has 0 amide bonds. The Balaban J connectivity index is 4.44. The first kappa shape index (κ1) is 65.6. The standard InChI is InChI=1S/C63H108O6/c1-4-7-10-13-16-19-22-25-28-29-30-31-32-33-36-38-41-44-47-50-53-56-62(65)68-59-60(69-63(66)57-54-51-48-45-42-39-35-27-24-21-18-15-12-9-6-3)58-67-61(64)55-52-49-46-43-40-37-34-26-23-20-17-14-11-8-5-2/h9,12,18,21,26-27,29-30,34-35,42,45,51,54,60H,4-8,10-11,13-17,19-20,22-25,28,31-33,36-41,43-44,46-50,52-53,55-59H2,1-3H3/b12-9-,21-18-,30-29-,34-26-,35-27-,45-42-,54-51-. The number of unbranched alkanes of at least 4 members (excludes halogenated alkanes) is 28. The first-order valence-corrected chi connectivity index (χ1v) is 29.1. The third-order valence-corrected chi connectivity index (χ3v) is 12.4. The number of rotatable bonds is 52. The zero-order valence-electron chi connectivity index (χ0n) is 45.3. The summed E-state index contributed by atoms with van der Waals surface area (Å²) in [6, 6.07) is 0. The maximum Gasteiger partial charge on any atom is 0.310 e. The summed E-state index contributed by atoms with van der Waals surface area (Å²) in [6.45, 7) is 6.44. The van der Waals surface area contributed by atoms with Crippen LogP contribution in [0.4, 0.5) is 0 Å². The summed E-state index contributed by atoms with van der Waals surface area (Å²) in [4.78, 5) is 38.1. The van der Waals surface area contributed by atoms with Gasteiger partial charge in [-0.2, -0.15) is 0 Å². The van der Waals surface area contributed by atoms with Gasteiger partial charge in [0, 0.05) is 12.8 Å². The molecule has 6 nitrogen and oxygen atoms in total. The van der Waals surface area contributed by atoms with Crippen molar-refractivity contribution in [1.29, 1.82) is 0 Å². The van der Waals surface area contributed by atoms with Crippen LogP contribution in [0.2, 0.25) is 0 Å². The molecule has 0 N–H and O–H groups in total. The quantitative estimate of drug-likeness (QED) is 0.0262. The van der Waals surface area contributed by atoms with Crippen LogP contribution in [0.25, 0.3) is 0 Å². The van der Waals surface area contributed by atoms with Gasteiger partial charge in [-0.25, -0.2) is 0 Å². The van der Waals surface area contributed by atoms with Crippen LogP contribution < -0.4 is 0 Å². The molecule has 0 saturated heterocycles. The first-order valence-electron chi connectivity index (χ1n) is 29.1. The van der Waals surface area contributed by atoms with E-state index in [1.807, 2.05) is 6.08 Å². The van der Waals surface area contributed by atoms with Gasteiger partial charge in [0.05, 0.1) is 6.42 Å². The van der Waals surface area contributed by atoms with Crippen molar-refractivity contribution in [2.45, 2.75) is 284 Å². The number of ether oxygens (including phenoxy) is 3. The fourth-order valence-electron chi connectivity index (χ4n) is 8.04. The predicted molar refractivity (Wildman–Crippen MR) is 297 cm³/mol. The normalized spacial score (nSPS) is 12.7. The summed E-state index contributed by atoms with van der Waals surface area (Å²) in [5.74, 6) is -1.05. The van der Waals surface area contributed by atoms with E-state index in [4.69, 9.17) is 14.2 Å². The molecule has 396 valence electrons. The zero-order chi connectivity index (χ0) is 50.0. The van der Waals surface area contributed by atoms with Crippen LogP contribution in [0.5, 0.6) is 0 Å². The molecule has 0 aromatic heterocycles. The van der Waals surface area contributed by atoms with Crippen molar-refractivity contribution >= 4 is 17.9 Å². The molecule has 0 bridgehead atoms. The van der Waals surface area contributed by atoms with E-state index in [0.717, 1.165) is 83.5 Å². The molecule has 1 atom stereocenters. The van der Waals surface area contributed by atoms with Gasteiger partial charge in [0.25, 0.3) is 0 Å². The maximum atomic E-state index is 12.8. The van der Waals surface area contributed by atoms with Crippen molar-refractivity contribution in [2.75, 3.05) is 13.2 Å². The first-order chi connectivity index (χ1) is 34.0. The number of allylic oxidation sites excluding steroid dienone is 13. The highest BCUT2D eigenvalue weighted by Crippen LogP contribution is 2.15. The SMILES string of the molecule is CC/C=C\C/C=C\C/C=C\C/C=C\C/C=C\CC(=O)OC(COC(=O)CCCCCCC/C=C\CCCCCCCC)COC(=O)CCCCCCCCCCC/C=C\CCCCCCCCCC. The molecule has 0 aliphatic rings. The molecule has 0 fully saturated rings. The summed E-state index contributed by atoms with van der Waals surface area (Å²) in [5, 5.41) is 0. The number of hydrogen-bond acceptors (Lipinski definition) is 6. The van der Waals surface area contributed by atoms with Gasteiger partial charge >= 0.3 is 17.9 Å². The molecule has 1 unspecified atom stereocenters. The number of carbonyl (C=O) groups excluding carboxylic acids is 3. The molecule has 0 aromatic rings. The third kappa shape index (κ3) is 55.4. The molecule has 69 heavy (non-hydrogen) atoms. The zero-order valence-corrected chi connectivity index (χ0v) is 45.3. The Bertz CT molecular complexity index is 1330. The highest BCUT2D eigenvalue weighted by atomic mass is 16.6. The van der Waals surface area contributed by atoms with Crippen LogP contribution in [0.15, 0.2) is 85.1 Å². The van der Waals surface area contributed by atoms with Crippen molar-refractivity contribution in [3.05, 3.63) is 85.1 Å². The minimum atomic E-state index is -0.835. The molecule has 0 radical (unpaired) electrons. The van der Waals surface area contributed by atoms with E-state index < -0.39 is 12.1 Å². The van der Waals surface area contributed by atoms with Crippen LogP contribution in [-0.2, 0) is 28.6 Å². The Morgan fingerprint density at radius 3 is 0.942 bits per heavy atom. The average molecular weight is 962 g/mol. The molecule has 0 rings (SSSR count). The van der Waals surface area contributed by atoms with Gasteiger partial charge in [-0.3, -0.25) is 14.4 Å². The van der Waals surface area contributed by atoms with Gasteiger partial charge in [0.15, 0.2) is 6.10 Å². The minimum Gasteiger partial charge on any atom is -0.462 e. The maximum absolute atomic E-state index is 12.8. The second-order valence-corrected chi connectivity index (χ2v) is 19.2. The molecule has 0 spiro atoms. The lowest BCUT2D eigenvalue weighted by molar-refractivity contribution is -0.166. The van der Waals surface area contributed by atoms with Gasteiger partial charge in [-0.1, -0.05) is 247 Å². The smallest absolute Gasteiger partial charge is 0.310 e. The molecule has 0 aromatic carbocycles. The topological polar surface area (TPSA) is 78.9 Å². The Morgan fingerprint density at radius 2 is 0.609 bits per heavy atom. The van der Waals surface area contributed by atoms with Gasteiger partial charge < -0.3 is 14.2 Å². The highest BCUT2D eigenvalue weighted by molar-refractivity contribution is 5.72. The predicted octanol–water partition coefficient (Wildman–Crippen LogP) is 19.5. The third-order valence-electron chi connectivity index (χ3n) is 12.4. The lowest BCUT2D eigenvalue weighted by atomic mass is 10.1. The van der Waals surface area contributed by atoms with E-state index in [1.54, 1.807) is 6.08 Å². The molecular formula is C63H108O6. The summed E-state index contributed by atoms with van der Waals surface area (Å²) >= 11 is 0. The van der Waals surface area contributed by atoms with Gasteiger partial charge in [-0.05, 0) is 96.3 Å². The Morgan fingerprint density at radius 1 is 0.319 bits per heavy atom.